The van der Waals surface area contributed by atoms with Crippen molar-refractivity contribution in [3.05, 3.63) is 40.6 Å². The van der Waals surface area contributed by atoms with Crippen molar-refractivity contribution in [3.8, 4) is 5.75 Å². The lowest BCUT2D eigenvalue weighted by Gasteiger charge is -2.04. The molecule has 0 aromatic heterocycles. The number of rotatable bonds is 2. The third-order valence-electron chi connectivity index (χ3n) is 1.52. The van der Waals surface area contributed by atoms with E-state index in [9.17, 15) is 9.50 Å². The van der Waals surface area contributed by atoms with Crippen molar-refractivity contribution in [2.24, 2.45) is 0 Å². The molecule has 1 aromatic rings. The molecule has 1 aromatic carbocycles. The van der Waals surface area contributed by atoms with Gasteiger partial charge in [0.15, 0.2) is 0 Å². The summed E-state index contributed by atoms with van der Waals surface area (Å²) in [6.45, 7) is 3.51. The maximum Gasteiger partial charge on any atom is 0.137 e. The van der Waals surface area contributed by atoms with Crippen LogP contribution < -0.4 is 0 Å². The first-order valence-electron chi connectivity index (χ1n) is 3.43. The molecule has 0 aliphatic rings. The Hall–Kier alpha value is -0.830. The lowest BCUT2D eigenvalue weighted by atomic mass is 10.1. The molecule has 1 nitrogen and oxygen atoms in total. The zero-order valence-corrected chi connectivity index (χ0v) is 7.94. The van der Waals surface area contributed by atoms with Crippen LogP contribution in [0.25, 0.3) is 0 Å². The summed E-state index contributed by atoms with van der Waals surface area (Å²) in [5.41, 5.74) is 0.532. The van der Waals surface area contributed by atoms with Gasteiger partial charge < -0.3 is 5.11 Å². The zero-order chi connectivity index (χ0) is 9.14. The maximum atomic E-state index is 12.9. The molecule has 0 heterocycles. The number of phenols is 1. The van der Waals surface area contributed by atoms with Gasteiger partial charge in [-0.15, -0.1) is 6.58 Å². The molecule has 0 spiro atoms. The van der Waals surface area contributed by atoms with Crippen LogP contribution in [0.5, 0.6) is 5.75 Å². The monoisotopic (exact) mass is 230 g/mol. The molecule has 0 saturated heterocycles. The standard InChI is InChI=1S/C9H8BrFO/c1-2-3-6-8(12)5-4-7(11)9(6)10/h2,4-5,12H,1,3H2. The molecule has 0 amide bonds. The fraction of sp³-hybridized carbons (Fsp3) is 0.111. The highest BCUT2D eigenvalue weighted by atomic mass is 79.9. The highest BCUT2D eigenvalue weighted by molar-refractivity contribution is 9.10. The van der Waals surface area contributed by atoms with Crippen molar-refractivity contribution in [2.45, 2.75) is 6.42 Å². The molecule has 0 radical (unpaired) electrons. The molecule has 0 unspecified atom stereocenters. The first-order chi connectivity index (χ1) is 5.66. The molecule has 3 heteroatoms. The van der Waals surface area contributed by atoms with Crippen LogP contribution in [0.1, 0.15) is 5.56 Å². The molecule has 0 fully saturated rings. The van der Waals surface area contributed by atoms with Gasteiger partial charge in [0.2, 0.25) is 0 Å². The van der Waals surface area contributed by atoms with Crippen LogP contribution in [0.2, 0.25) is 0 Å². The number of allylic oxidation sites excluding steroid dienone is 1. The normalized spacial score (nSPS) is 9.83. The minimum absolute atomic E-state index is 0.0863. The SMILES string of the molecule is C=CCc1c(O)ccc(F)c1Br. The van der Waals surface area contributed by atoms with Gasteiger partial charge in [-0.3, -0.25) is 0 Å². The van der Waals surface area contributed by atoms with E-state index in [0.717, 1.165) is 0 Å². The zero-order valence-electron chi connectivity index (χ0n) is 6.35. The van der Waals surface area contributed by atoms with E-state index in [2.05, 4.69) is 22.5 Å². The lowest BCUT2D eigenvalue weighted by molar-refractivity contribution is 0.466. The molecule has 0 saturated carbocycles. The van der Waals surface area contributed by atoms with Crippen LogP contribution in [0.4, 0.5) is 4.39 Å². The smallest absolute Gasteiger partial charge is 0.137 e. The molecular formula is C9H8BrFO. The Labute approximate surface area is 78.7 Å². The molecule has 0 bridgehead atoms. The van der Waals surface area contributed by atoms with Crippen LogP contribution in [0.3, 0.4) is 0 Å². The van der Waals surface area contributed by atoms with Gasteiger partial charge in [-0.05, 0) is 34.5 Å². The lowest BCUT2D eigenvalue weighted by Crippen LogP contribution is -1.88. The Kier molecular flexibility index (Phi) is 2.87. The van der Waals surface area contributed by atoms with E-state index in [1.54, 1.807) is 6.08 Å². The molecule has 64 valence electrons. The Balaban J connectivity index is 3.22. The van der Waals surface area contributed by atoms with Crippen molar-refractivity contribution in [3.63, 3.8) is 0 Å². The summed E-state index contributed by atoms with van der Waals surface area (Å²) in [6.07, 6.45) is 2.06. The van der Waals surface area contributed by atoms with Gasteiger partial charge in [0, 0.05) is 5.56 Å². The molecule has 1 rings (SSSR count). The first kappa shape index (κ1) is 9.26. The third kappa shape index (κ3) is 1.67. The number of phenolic OH excluding ortho intramolecular Hbond substituents is 1. The average molecular weight is 231 g/mol. The summed E-state index contributed by atoms with van der Waals surface area (Å²) < 4.78 is 13.2. The van der Waals surface area contributed by atoms with Crippen molar-refractivity contribution >= 4 is 15.9 Å². The molecule has 1 N–H and O–H groups in total. The van der Waals surface area contributed by atoms with Crippen LogP contribution in [0.15, 0.2) is 29.3 Å². The van der Waals surface area contributed by atoms with Crippen molar-refractivity contribution < 1.29 is 9.50 Å². The van der Waals surface area contributed by atoms with Gasteiger partial charge in [0.05, 0.1) is 4.47 Å². The Morgan fingerprint density at radius 3 is 2.83 bits per heavy atom. The van der Waals surface area contributed by atoms with Crippen LogP contribution >= 0.6 is 15.9 Å². The number of hydrogen-bond donors (Lipinski definition) is 1. The Morgan fingerprint density at radius 1 is 1.58 bits per heavy atom. The van der Waals surface area contributed by atoms with Gasteiger partial charge in [-0.2, -0.15) is 0 Å². The minimum atomic E-state index is -0.371. The van der Waals surface area contributed by atoms with Gasteiger partial charge >= 0.3 is 0 Å². The quantitative estimate of drug-likeness (QED) is 0.775. The van der Waals surface area contributed by atoms with Gasteiger partial charge in [0.25, 0.3) is 0 Å². The minimum Gasteiger partial charge on any atom is -0.508 e. The topological polar surface area (TPSA) is 20.2 Å². The average Bonchev–Trinajstić information content (AvgIpc) is 2.06. The summed E-state index contributed by atoms with van der Waals surface area (Å²) in [5, 5.41) is 9.30. The second-order valence-corrected chi connectivity index (χ2v) is 3.14. The summed E-state index contributed by atoms with van der Waals surface area (Å²) in [7, 11) is 0. The Morgan fingerprint density at radius 2 is 2.25 bits per heavy atom. The van der Waals surface area contributed by atoms with Crippen molar-refractivity contribution in [2.75, 3.05) is 0 Å². The van der Waals surface area contributed by atoms with Gasteiger partial charge in [0.1, 0.15) is 11.6 Å². The summed E-state index contributed by atoms with van der Waals surface area (Å²) in [4.78, 5) is 0. The molecule has 0 aliphatic carbocycles. The number of hydrogen-bond acceptors (Lipinski definition) is 1. The van der Waals surface area contributed by atoms with E-state index < -0.39 is 0 Å². The predicted octanol–water partition coefficient (Wildman–Crippen LogP) is 3.02. The van der Waals surface area contributed by atoms with Crippen LogP contribution in [-0.4, -0.2) is 5.11 Å². The van der Waals surface area contributed by atoms with Crippen LogP contribution in [0, 0.1) is 5.82 Å². The molecule has 0 atom stereocenters. The maximum absolute atomic E-state index is 12.9. The van der Waals surface area contributed by atoms with E-state index in [0.29, 0.717) is 16.5 Å². The number of halogens is 2. The highest BCUT2D eigenvalue weighted by Crippen LogP contribution is 2.28. The summed E-state index contributed by atoms with van der Waals surface area (Å²) >= 11 is 3.05. The second-order valence-electron chi connectivity index (χ2n) is 2.35. The third-order valence-corrected chi connectivity index (χ3v) is 2.38. The summed E-state index contributed by atoms with van der Waals surface area (Å²) in [5.74, 6) is -0.284. The van der Waals surface area contributed by atoms with E-state index in [1.165, 1.54) is 12.1 Å². The van der Waals surface area contributed by atoms with E-state index in [1.807, 2.05) is 0 Å². The van der Waals surface area contributed by atoms with Crippen LogP contribution in [-0.2, 0) is 6.42 Å². The summed E-state index contributed by atoms with van der Waals surface area (Å²) in [6, 6.07) is 2.55. The fourth-order valence-electron chi connectivity index (χ4n) is 0.921. The largest absolute Gasteiger partial charge is 0.508 e. The molecule has 12 heavy (non-hydrogen) atoms. The van der Waals surface area contributed by atoms with Gasteiger partial charge in [-0.1, -0.05) is 6.08 Å². The van der Waals surface area contributed by atoms with E-state index >= 15 is 0 Å². The second kappa shape index (κ2) is 3.72. The van der Waals surface area contributed by atoms with E-state index in [4.69, 9.17) is 0 Å². The van der Waals surface area contributed by atoms with Crippen molar-refractivity contribution in [1.29, 1.82) is 0 Å². The molecule has 0 aliphatic heterocycles. The van der Waals surface area contributed by atoms with E-state index in [-0.39, 0.29) is 11.6 Å². The number of benzene rings is 1. The highest BCUT2D eigenvalue weighted by Gasteiger charge is 2.08. The first-order valence-corrected chi connectivity index (χ1v) is 4.23. The number of aromatic hydroxyl groups is 1. The van der Waals surface area contributed by atoms with Gasteiger partial charge in [-0.25, -0.2) is 4.39 Å². The fourth-order valence-corrected chi connectivity index (χ4v) is 1.42. The predicted molar refractivity (Wildman–Crippen MR) is 49.7 cm³/mol. The Bertz CT molecular complexity index is 310. The van der Waals surface area contributed by atoms with Crippen molar-refractivity contribution in [1.82, 2.24) is 0 Å². The molecular weight excluding hydrogens is 223 g/mol.